The maximum Gasteiger partial charge on any atom is 0.265 e. The summed E-state index contributed by atoms with van der Waals surface area (Å²) in [6, 6.07) is 20.3. The lowest BCUT2D eigenvalue weighted by molar-refractivity contribution is -0.144. The Balaban J connectivity index is 1.68. The molecule has 3 aromatic carbocycles. The van der Waals surface area contributed by atoms with E-state index in [-0.39, 0.29) is 12.1 Å². The second-order valence-corrected chi connectivity index (χ2v) is 7.69. The molecule has 0 aromatic heterocycles. The maximum atomic E-state index is 14.2. The highest BCUT2D eigenvalue weighted by atomic mass is 19.1. The smallest absolute Gasteiger partial charge is 0.265 e. The Hall–Kier alpha value is -3.51. The number of halogens is 1. The number of benzene rings is 3. The SMILES string of the molecule is CN1C(=O)[C@H]([C@]2(O)C(=O)N(Cc3ccccc3)c3ccc(F)cc32)c2ccccc21. The number of likely N-dealkylation sites (N-methyl/N-ethyl adjacent to an activating group) is 1. The van der Waals surface area contributed by atoms with Gasteiger partial charge in [0.25, 0.3) is 5.91 Å². The number of aliphatic hydroxyl groups is 1. The molecule has 0 fully saturated rings. The molecule has 2 atom stereocenters. The molecule has 6 heteroatoms. The van der Waals surface area contributed by atoms with Crippen LogP contribution >= 0.6 is 0 Å². The zero-order valence-electron chi connectivity index (χ0n) is 16.2. The zero-order chi connectivity index (χ0) is 21.0. The number of anilines is 2. The summed E-state index contributed by atoms with van der Waals surface area (Å²) < 4.78 is 14.2. The molecule has 2 heterocycles. The number of fused-ring (bicyclic) bond motifs is 2. The summed E-state index contributed by atoms with van der Waals surface area (Å²) in [6.07, 6.45) is 0. The number of nitrogens with zero attached hydrogens (tertiary/aromatic N) is 2. The molecule has 2 aliphatic rings. The van der Waals surface area contributed by atoms with Crippen molar-refractivity contribution in [2.75, 3.05) is 16.8 Å². The number of rotatable bonds is 3. The van der Waals surface area contributed by atoms with E-state index < -0.39 is 29.2 Å². The fourth-order valence-electron chi connectivity index (χ4n) is 4.57. The van der Waals surface area contributed by atoms with Gasteiger partial charge < -0.3 is 14.9 Å². The van der Waals surface area contributed by atoms with E-state index in [2.05, 4.69) is 0 Å². The third kappa shape index (κ3) is 2.44. The van der Waals surface area contributed by atoms with Crippen molar-refractivity contribution in [1.82, 2.24) is 0 Å². The highest BCUT2D eigenvalue weighted by molar-refractivity contribution is 6.15. The van der Waals surface area contributed by atoms with Gasteiger partial charge in [-0.1, -0.05) is 48.5 Å². The minimum absolute atomic E-state index is 0.117. The zero-order valence-corrected chi connectivity index (χ0v) is 16.2. The molecule has 1 N–H and O–H groups in total. The average Bonchev–Trinajstić information content (AvgIpc) is 3.13. The molecule has 5 rings (SSSR count). The van der Waals surface area contributed by atoms with Gasteiger partial charge in [-0.15, -0.1) is 0 Å². The van der Waals surface area contributed by atoms with Gasteiger partial charge in [-0.2, -0.15) is 0 Å². The summed E-state index contributed by atoms with van der Waals surface area (Å²) >= 11 is 0. The van der Waals surface area contributed by atoms with Crippen LogP contribution in [0.25, 0.3) is 0 Å². The first kappa shape index (κ1) is 18.5. The fraction of sp³-hybridized carbons (Fsp3) is 0.167. The molecule has 0 saturated carbocycles. The van der Waals surface area contributed by atoms with Crippen LogP contribution in [0, 0.1) is 5.82 Å². The van der Waals surface area contributed by atoms with Crippen molar-refractivity contribution in [1.29, 1.82) is 0 Å². The largest absolute Gasteiger partial charge is 0.374 e. The number of hydrogen-bond donors (Lipinski definition) is 1. The van der Waals surface area contributed by atoms with Crippen LogP contribution in [0.3, 0.4) is 0 Å². The molecule has 0 saturated heterocycles. The number of para-hydroxylation sites is 1. The lowest BCUT2D eigenvalue weighted by atomic mass is 9.78. The molecule has 0 spiro atoms. The minimum atomic E-state index is -2.19. The van der Waals surface area contributed by atoms with E-state index in [1.165, 1.54) is 21.9 Å². The van der Waals surface area contributed by atoms with Gasteiger partial charge in [-0.3, -0.25) is 9.59 Å². The van der Waals surface area contributed by atoms with E-state index >= 15 is 0 Å². The van der Waals surface area contributed by atoms with Gasteiger partial charge in [0.2, 0.25) is 5.91 Å². The summed E-state index contributed by atoms with van der Waals surface area (Å²) in [7, 11) is 1.61. The summed E-state index contributed by atoms with van der Waals surface area (Å²) in [6.45, 7) is 0.207. The quantitative estimate of drug-likeness (QED) is 0.731. The van der Waals surface area contributed by atoms with Crippen LogP contribution in [0.5, 0.6) is 0 Å². The number of carbonyl (C=O) groups excluding carboxylic acids is 2. The summed E-state index contributed by atoms with van der Waals surface area (Å²) in [5.74, 6) is -2.75. The van der Waals surface area contributed by atoms with Crippen LogP contribution in [-0.2, 0) is 21.7 Å². The van der Waals surface area contributed by atoms with Crippen LogP contribution in [0.15, 0.2) is 72.8 Å². The van der Waals surface area contributed by atoms with E-state index in [1.807, 2.05) is 30.3 Å². The van der Waals surface area contributed by atoms with Gasteiger partial charge in [0.05, 0.1) is 12.2 Å². The van der Waals surface area contributed by atoms with Gasteiger partial charge in [0.15, 0.2) is 5.60 Å². The lowest BCUT2D eigenvalue weighted by Gasteiger charge is -2.28. The third-order valence-corrected chi connectivity index (χ3v) is 6.02. The van der Waals surface area contributed by atoms with E-state index in [0.717, 1.165) is 11.6 Å². The summed E-state index contributed by atoms with van der Waals surface area (Å²) in [5.41, 5.74) is 0.385. The van der Waals surface area contributed by atoms with Crippen LogP contribution in [-0.4, -0.2) is 24.0 Å². The molecule has 2 amide bonds. The minimum Gasteiger partial charge on any atom is -0.374 e. The van der Waals surface area contributed by atoms with Gasteiger partial charge in [0.1, 0.15) is 11.7 Å². The van der Waals surface area contributed by atoms with Gasteiger partial charge in [0, 0.05) is 18.3 Å². The Kier molecular flexibility index (Phi) is 4.01. The normalized spacial score (nSPS) is 22.4. The van der Waals surface area contributed by atoms with E-state index in [4.69, 9.17) is 0 Å². The molecule has 3 aromatic rings. The Morgan fingerprint density at radius 2 is 1.67 bits per heavy atom. The molecule has 0 unspecified atom stereocenters. The molecule has 30 heavy (non-hydrogen) atoms. The van der Waals surface area contributed by atoms with Crippen LogP contribution in [0.2, 0.25) is 0 Å². The van der Waals surface area contributed by atoms with E-state index in [1.54, 1.807) is 31.3 Å². The molecule has 0 radical (unpaired) electrons. The predicted molar refractivity (Wildman–Crippen MR) is 111 cm³/mol. The number of amides is 2. The van der Waals surface area contributed by atoms with Crippen molar-refractivity contribution in [3.63, 3.8) is 0 Å². The van der Waals surface area contributed by atoms with Gasteiger partial charge >= 0.3 is 0 Å². The Morgan fingerprint density at radius 1 is 0.967 bits per heavy atom. The van der Waals surface area contributed by atoms with Gasteiger partial charge in [-0.25, -0.2) is 4.39 Å². The van der Waals surface area contributed by atoms with Crippen molar-refractivity contribution in [2.45, 2.75) is 18.1 Å². The first-order valence-corrected chi connectivity index (χ1v) is 9.67. The predicted octanol–water partition coefficient (Wildman–Crippen LogP) is 3.32. The molecule has 5 nitrogen and oxygen atoms in total. The highest BCUT2D eigenvalue weighted by Crippen LogP contribution is 2.53. The van der Waals surface area contributed by atoms with Crippen molar-refractivity contribution in [2.24, 2.45) is 0 Å². The van der Waals surface area contributed by atoms with Crippen molar-refractivity contribution in [3.05, 3.63) is 95.3 Å². The number of hydrogen-bond acceptors (Lipinski definition) is 3. The van der Waals surface area contributed by atoms with Crippen molar-refractivity contribution < 1.29 is 19.1 Å². The van der Waals surface area contributed by atoms with Crippen LogP contribution < -0.4 is 9.80 Å². The summed E-state index contributed by atoms with van der Waals surface area (Å²) in [4.78, 5) is 29.7. The first-order valence-electron chi connectivity index (χ1n) is 9.67. The Bertz CT molecular complexity index is 1180. The Morgan fingerprint density at radius 3 is 2.43 bits per heavy atom. The molecular weight excluding hydrogens is 383 g/mol. The second-order valence-electron chi connectivity index (χ2n) is 7.69. The molecular formula is C24H19FN2O3. The Labute approximate surface area is 173 Å². The van der Waals surface area contributed by atoms with Crippen LogP contribution in [0.1, 0.15) is 22.6 Å². The molecule has 150 valence electrons. The monoisotopic (exact) mass is 402 g/mol. The topological polar surface area (TPSA) is 60.9 Å². The first-order chi connectivity index (χ1) is 14.4. The van der Waals surface area contributed by atoms with E-state index in [9.17, 15) is 19.1 Å². The summed E-state index contributed by atoms with van der Waals surface area (Å²) in [5, 5.41) is 11.8. The van der Waals surface area contributed by atoms with Crippen LogP contribution in [0.4, 0.5) is 15.8 Å². The average molecular weight is 402 g/mol. The van der Waals surface area contributed by atoms with Crippen molar-refractivity contribution in [3.8, 4) is 0 Å². The molecule has 0 bridgehead atoms. The maximum absolute atomic E-state index is 14.2. The third-order valence-electron chi connectivity index (χ3n) is 6.02. The lowest BCUT2D eigenvalue weighted by Crippen LogP contribution is -2.47. The van der Waals surface area contributed by atoms with E-state index in [0.29, 0.717) is 16.9 Å². The van der Waals surface area contributed by atoms with Crippen molar-refractivity contribution >= 4 is 23.2 Å². The fourth-order valence-corrected chi connectivity index (χ4v) is 4.57. The standard InChI is InChI=1S/C24H19FN2O3/c1-26-19-10-6-5-9-17(19)21(22(26)28)24(30)18-13-16(25)11-12-20(18)27(23(24)29)14-15-7-3-2-4-8-15/h2-13,21,30H,14H2,1H3/t21-,24+/m1/s1. The second kappa shape index (κ2) is 6.50. The number of carbonyl (C=O) groups is 2. The molecule has 2 aliphatic heterocycles. The highest BCUT2D eigenvalue weighted by Gasteiger charge is 2.60. The molecule has 0 aliphatic carbocycles. The van der Waals surface area contributed by atoms with Gasteiger partial charge in [-0.05, 0) is 35.4 Å².